The molecule has 29 heavy (non-hydrogen) atoms. The lowest BCUT2D eigenvalue weighted by molar-refractivity contribution is -0.121. The Morgan fingerprint density at radius 1 is 1.07 bits per heavy atom. The summed E-state index contributed by atoms with van der Waals surface area (Å²) in [6.45, 7) is 3.60. The summed E-state index contributed by atoms with van der Waals surface area (Å²) in [7, 11) is 1.90. The van der Waals surface area contributed by atoms with Crippen LogP contribution in [0.2, 0.25) is 0 Å². The fourth-order valence-corrected chi connectivity index (χ4v) is 3.69. The zero-order valence-electron chi connectivity index (χ0n) is 17.4. The average molecular weight is 427 g/mol. The van der Waals surface area contributed by atoms with E-state index in [4.69, 9.17) is 9.05 Å². The predicted octanol–water partition coefficient (Wildman–Crippen LogP) is 2.50. The molecule has 2 aromatic heterocycles. The number of aryl methyl sites for hydroxylation is 2. The van der Waals surface area contributed by atoms with Gasteiger partial charge in [-0.05, 0) is 26.8 Å². The number of carbonyl (C=O) groups is 1. The molecule has 3 rings (SSSR count). The number of rotatable bonds is 8. The quantitative estimate of drug-likeness (QED) is 0.618. The van der Waals surface area contributed by atoms with Crippen molar-refractivity contribution in [3.63, 3.8) is 0 Å². The van der Waals surface area contributed by atoms with E-state index in [2.05, 4.69) is 37.8 Å². The Kier molecular flexibility index (Phi) is 8.58. The van der Waals surface area contributed by atoms with Crippen LogP contribution in [0.25, 0.3) is 0 Å². The molecule has 0 aromatic carbocycles. The topological polar surface area (TPSA) is 119 Å². The summed E-state index contributed by atoms with van der Waals surface area (Å²) in [6, 6.07) is 0.286. The van der Waals surface area contributed by atoms with Gasteiger partial charge in [-0.15, -0.1) is 12.4 Å². The van der Waals surface area contributed by atoms with E-state index in [1.807, 2.05) is 7.05 Å². The molecule has 162 valence electrons. The van der Waals surface area contributed by atoms with Crippen LogP contribution in [-0.4, -0.2) is 39.3 Å². The van der Waals surface area contributed by atoms with Gasteiger partial charge >= 0.3 is 0 Å². The SMILES string of the molecule is CNC(C)Cc1noc(CCc2nc(C3(NC(C)=O)CCCCCC3)no2)n1.Cl. The van der Waals surface area contributed by atoms with Crippen molar-refractivity contribution in [3.05, 3.63) is 23.4 Å². The van der Waals surface area contributed by atoms with E-state index in [0.717, 1.165) is 38.5 Å². The van der Waals surface area contributed by atoms with Crippen molar-refractivity contribution in [1.82, 2.24) is 30.9 Å². The van der Waals surface area contributed by atoms with Crippen molar-refractivity contribution < 1.29 is 13.8 Å². The van der Waals surface area contributed by atoms with Gasteiger partial charge in [0.05, 0.1) is 0 Å². The molecule has 1 amide bonds. The third kappa shape index (κ3) is 6.24. The van der Waals surface area contributed by atoms with E-state index in [0.29, 0.717) is 42.7 Å². The van der Waals surface area contributed by atoms with Crippen LogP contribution in [0.5, 0.6) is 0 Å². The van der Waals surface area contributed by atoms with Crippen LogP contribution in [0, 0.1) is 0 Å². The Morgan fingerprint density at radius 2 is 1.69 bits per heavy atom. The van der Waals surface area contributed by atoms with Gasteiger partial charge in [-0.25, -0.2) is 0 Å². The molecule has 1 aliphatic carbocycles. The molecule has 0 saturated heterocycles. The summed E-state index contributed by atoms with van der Waals surface area (Å²) < 4.78 is 10.8. The van der Waals surface area contributed by atoms with Gasteiger partial charge in [-0.3, -0.25) is 4.79 Å². The lowest BCUT2D eigenvalue weighted by Crippen LogP contribution is -2.45. The maximum atomic E-state index is 11.8. The standard InChI is InChI=1S/C19H30N6O3.ClH/c1-13(20-3)12-15-21-16(27-24-15)8-9-17-22-18(25-28-17)19(23-14(2)26)10-6-4-5-7-11-19;/h13,20H,4-12H2,1-3H3,(H,23,26);1H. The Morgan fingerprint density at radius 3 is 2.31 bits per heavy atom. The number of nitrogens with one attached hydrogen (secondary N) is 2. The minimum atomic E-state index is -0.523. The third-order valence-electron chi connectivity index (χ3n) is 5.31. The van der Waals surface area contributed by atoms with Crippen molar-refractivity contribution in [1.29, 1.82) is 0 Å². The first-order chi connectivity index (χ1) is 13.5. The van der Waals surface area contributed by atoms with Crippen LogP contribution in [0.3, 0.4) is 0 Å². The molecule has 0 aliphatic heterocycles. The highest BCUT2D eigenvalue weighted by atomic mass is 35.5. The van der Waals surface area contributed by atoms with Crippen LogP contribution < -0.4 is 10.6 Å². The van der Waals surface area contributed by atoms with Crippen molar-refractivity contribution >= 4 is 18.3 Å². The van der Waals surface area contributed by atoms with Gasteiger partial charge in [0.2, 0.25) is 17.7 Å². The van der Waals surface area contributed by atoms with Crippen LogP contribution in [0.15, 0.2) is 9.05 Å². The zero-order valence-corrected chi connectivity index (χ0v) is 18.2. The van der Waals surface area contributed by atoms with E-state index < -0.39 is 5.54 Å². The molecule has 0 radical (unpaired) electrons. The first kappa shape index (κ1) is 23.3. The molecule has 2 aromatic rings. The van der Waals surface area contributed by atoms with Gasteiger partial charge < -0.3 is 19.7 Å². The van der Waals surface area contributed by atoms with E-state index in [1.54, 1.807) is 0 Å². The van der Waals surface area contributed by atoms with Crippen molar-refractivity contribution in [3.8, 4) is 0 Å². The summed E-state index contributed by atoms with van der Waals surface area (Å²) in [4.78, 5) is 20.8. The molecule has 10 heteroatoms. The Balaban J connectivity index is 0.00000300. The first-order valence-corrected chi connectivity index (χ1v) is 10.1. The monoisotopic (exact) mass is 426 g/mol. The van der Waals surface area contributed by atoms with Gasteiger partial charge in [-0.2, -0.15) is 9.97 Å². The molecule has 0 spiro atoms. The fraction of sp³-hybridized carbons (Fsp3) is 0.737. The molecule has 1 aliphatic rings. The lowest BCUT2D eigenvalue weighted by Gasteiger charge is -2.30. The van der Waals surface area contributed by atoms with Crippen molar-refractivity contribution in [2.45, 2.75) is 83.2 Å². The van der Waals surface area contributed by atoms with Crippen molar-refractivity contribution in [2.75, 3.05) is 7.05 Å². The Hall–Kier alpha value is -2.00. The second kappa shape index (κ2) is 10.7. The number of aromatic nitrogens is 4. The molecule has 1 unspecified atom stereocenters. The van der Waals surface area contributed by atoms with Gasteiger partial charge in [-0.1, -0.05) is 36.0 Å². The predicted molar refractivity (Wildman–Crippen MR) is 109 cm³/mol. The molecule has 2 heterocycles. The summed E-state index contributed by atoms with van der Waals surface area (Å²) in [5, 5.41) is 14.5. The molecule has 1 saturated carbocycles. The first-order valence-electron chi connectivity index (χ1n) is 10.1. The van der Waals surface area contributed by atoms with E-state index in [1.165, 1.54) is 6.92 Å². The lowest BCUT2D eigenvalue weighted by atomic mass is 9.89. The van der Waals surface area contributed by atoms with Gasteiger partial charge in [0.1, 0.15) is 5.54 Å². The van der Waals surface area contributed by atoms with Crippen LogP contribution in [-0.2, 0) is 29.6 Å². The second-order valence-electron chi connectivity index (χ2n) is 7.69. The molecule has 9 nitrogen and oxygen atoms in total. The number of hydrogen-bond donors (Lipinski definition) is 2. The van der Waals surface area contributed by atoms with Gasteiger partial charge in [0.25, 0.3) is 0 Å². The zero-order chi connectivity index (χ0) is 20.0. The number of amides is 1. The number of likely N-dealkylation sites (N-methyl/N-ethyl adjacent to an activating group) is 1. The fourth-order valence-electron chi connectivity index (χ4n) is 3.69. The molecule has 1 atom stereocenters. The van der Waals surface area contributed by atoms with Crippen LogP contribution in [0.4, 0.5) is 0 Å². The number of carbonyl (C=O) groups excluding carboxylic acids is 1. The number of hydrogen-bond acceptors (Lipinski definition) is 8. The highest BCUT2D eigenvalue weighted by Crippen LogP contribution is 2.34. The molecule has 1 fully saturated rings. The minimum absolute atomic E-state index is 0. The maximum absolute atomic E-state index is 11.8. The summed E-state index contributed by atoms with van der Waals surface area (Å²) in [5.41, 5.74) is -0.523. The molecular weight excluding hydrogens is 396 g/mol. The summed E-state index contributed by atoms with van der Waals surface area (Å²) >= 11 is 0. The number of halogens is 1. The number of nitrogens with zero attached hydrogens (tertiary/aromatic N) is 4. The van der Waals surface area contributed by atoms with Crippen LogP contribution in [0.1, 0.15) is 75.8 Å². The maximum Gasteiger partial charge on any atom is 0.227 e. The van der Waals surface area contributed by atoms with E-state index in [9.17, 15) is 4.79 Å². The van der Waals surface area contributed by atoms with Crippen molar-refractivity contribution in [2.24, 2.45) is 0 Å². The smallest absolute Gasteiger partial charge is 0.227 e. The largest absolute Gasteiger partial charge is 0.343 e. The Bertz CT molecular complexity index is 770. The van der Waals surface area contributed by atoms with Gasteiger partial charge in [0, 0.05) is 32.2 Å². The summed E-state index contributed by atoms with van der Waals surface area (Å²) in [5.74, 6) is 2.28. The minimum Gasteiger partial charge on any atom is -0.343 e. The van der Waals surface area contributed by atoms with Crippen LogP contribution >= 0.6 is 12.4 Å². The highest BCUT2D eigenvalue weighted by Gasteiger charge is 2.38. The molecule has 2 N–H and O–H groups in total. The molecular formula is C19H31ClN6O3. The van der Waals surface area contributed by atoms with E-state index in [-0.39, 0.29) is 24.4 Å². The summed E-state index contributed by atoms with van der Waals surface area (Å²) in [6.07, 6.45) is 7.85. The van der Waals surface area contributed by atoms with Gasteiger partial charge in [0.15, 0.2) is 11.6 Å². The third-order valence-corrected chi connectivity index (χ3v) is 5.31. The second-order valence-corrected chi connectivity index (χ2v) is 7.69. The normalized spacial score (nSPS) is 17.2. The Labute approximate surface area is 177 Å². The molecule has 0 bridgehead atoms. The van der Waals surface area contributed by atoms with E-state index >= 15 is 0 Å². The average Bonchev–Trinajstić information content (AvgIpc) is 3.26. The highest BCUT2D eigenvalue weighted by molar-refractivity contribution is 5.85.